The Kier molecular flexibility index (Phi) is 4.48. The molecule has 0 spiro atoms. The topological polar surface area (TPSA) is 77.7 Å². The fourth-order valence-electron chi connectivity index (χ4n) is 2.68. The summed E-state index contributed by atoms with van der Waals surface area (Å²) in [6.07, 6.45) is 2.17. The van der Waals surface area contributed by atoms with Gasteiger partial charge in [-0.15, -0.1) is 0 Å². The molecule has 1 aromatic carbocycles. The Balaban J connectivity index is 1.63. The highest BCUT2D eigenvalue weighted by Gasteiger charge is 2.42. The van der Waals surface area contributed by atoms with E-state index in [1.54, 1.807) is 24.9 Å². The highest BCUT2D eigenvalue weighted by Crippen LogP contribution is 2.27. The summed E-state index contributed by atoms with van der Waals surface area (Å²) in [6, 6.07) is 7.53. The summed E-state index contributed by atoms with van der Waals surface area (Å²) < 4.78 is 6.93. The van der Waals surface area contributed by atoms with Gasteiger partial charge in [0, 0.05) is 31.3 Å². The fourth-order valence-corrected chi connectivity index (χ4v) is 2.68. The molecule has 1 amide bonds. The van der Waals surface area contributed by atoms with E-state index in [9.17, 15) is 4.79 Å². The van der Waals surface area contributed by atoms with Crippen molar-refractivity contribution in [2.24, 2.45) is 12.2 Å². The molecule has 1 aromatic heterocycles. The van der Waals surface area contributed by atoms with E-state index >= 15 is 0 Å². The molecule has 0 fully saturated rings. The SMILES string of the molecule is COc1ccc(C2=NOC(C)(C(=O)NCc3cnn(C)c3C)C2)cc1. The van der Waals surface area contributed by atoms with Crippen molar-refractivity contribution < 1.29 is 14.4 Å². The zero-order chi connectivity index (χ0) is 18.0. The molecule has 0 saturated carbocycles. The summed E-state index contributed by atoms with van der Waals surface area (Å²) in [5, 5.41) is 11.2. The van der Waals surface area contributed by atoms with E-state index in [0.717, 1.165) is 28.3 Å². The summed E-state index contributed by atoms with van der Waals surface area (Å²) >= 11 is 0. The molecule has 0 bridgehead atoms. The predicted molar refractivity (Wildman–Crippen MR) is 93.4 cm³/mol. The lowest BCUT2D eigenvalue weighted by Gasteiger charge is -2.20. The minimum absolute atomic E-state index is 0.192. The number of aryl methyl sites for hydroxylation is 1. The number of nitrogens with zero attached hydrogens (tertiary/aromatic N) is 3. The Labute approximate surface area is 146 Å². The molecular formula is C18H22N4O3. The van der Waals surface area contributed by atoms with Gasteiger partial charge in [0.2, 0.25) is 5.60 Å². The standard InChI is InChI=1S/C18H22N4O3/c1-12-14(11-20-22(12)3)10-19-17(23)18(2)9-16(21-25-18)13-5-7-15(24-4)8-6-13/h5-8,11H,9-10H2,1-4H3,(H,19,23). The number of rotatable bonds is 5. The van der Waals surface area contributed by atoms with E-state index < -0.39 is 5.60 Å². The summed E-state index contributed by atoms with van der Waals surface area (Å²) in [7, 11) is 3.49. The molecule has 0 aliphatic carbocycles. The van der Waals surface area contributed by atoms with Crippen LogP contribution in [0, 0.1) is 6.92 Å². The second-order valence-electron chi connectivity index (χ2n) is 6.33. The van der Waals surface area contributed by atoms with Gasteiger partial charge < -0.3 is 14.9 Å². The van der Waals surface area contributed by atoms with Crippen LogP contribution < -0.4 is 10.1 Å². The smallest absolute Gasteiger partial charge is 0.267 e. The Hall–Kier alpha value is -2.83. The number of hydrogen-bond donors (Lipinski definition) is 1. The molecule has 7 heteroatoms. The Morgan fingerprint density at radius 1 is 1.40 bits per heavy atom. The maximum absolute atomic E-state index is 12.6. The third kappa shape index (κ3) is 3.35. The fraction of sp³-hybridized carbons (Fsp3) is 0.389. The van der Waals surface area contributed by atoms with Crippen LogP contribution in [0.1, 0.15) is 30.2 Å². The monoisotopic (exact) mass is 342 g/mol. The molecule has 1 atom stereocenters. The van der Waals surface area contributed by atoms with E-state index in [0.29, 0.717) is 13.0 Å². The first-order chi connectivity index (χ1) is 11.9. The molecule has 1 aliphatic rings. The van der Waals surface area contributed by atoms with Crippen molar-refractivity contribution in [3.63, 3.8) is 0 Å². The molecule has 1 unspecified atom stereocenters. The van der Waals surface area contributed by atoms with Gasteiger partial charge in [-0.05, 0) is 43.7 Å². The number of amides is 1. The first-order valence-corrected chi connectivity index (χ1v) is 8.08. The van der Waals surface area contributed by atoms with Crippen molar-refractivity contribution in [1.82, 2.24) is 15.1 Å². The van der Waals surface area contributed by atoms with Crippen molar-refractivity contribution in [3.8, 4) is 5.75 Å². The highest BCUT2D eigenvalue weighted by atomic mass is 16.7. The van der Waals surface area contributed by atoms with Gasteiger partial charge in [0.05, 0.1) is 19.0 Å². The molecule has 0 saturated heterocycles. The van der Waals surface area contributed by atoms with Crippen LogP contribution in [0.15, 0.2) is 35.6 Å². The average molecular weight is 342 g/mol. The Morgan fingerprint density at radius 3 is 2.72 bits per heavy atom. The first-order valence-electron chi connectivity index (χ1n) is 8.08. The number of ether oxygens (including phenoxy) is 1. The molecule has 132 valence electrons. The van der Waals surface area contributed by atoms with Crippen molar-refractivity contribution in [1.29, 1.82) is 0 Å². The van der Waals surface area contributed by atoms with Gasteiger partial charge in [0.1, 0.15) is 5.75 Å². The third-order valence-corrected chi connectivity index (χ3v) is 4.54. The Morgan fingerprint density at radius 2 is 2.12 bits per heavy atom. The van der Waals surface area contributed by atoms with Gasteiger partial charge in [-0.2, -0.15) is 5.10 Å². The third-order valence-electron chi connectivity index (χ3n) is 4.54. The van der Waals surface area contributed by atoms with Crippen molar-refractivity contribution >= 4 is 11.6 Å². The Bertz CT molecular complexity index is 810. The lowest BCUT2D eigenvalue weighted by Crippen LogP contribution is -2.44. The highest BCUT2D eigenvalue weighted by molar-refractivity contribution is 6.05. The lowest BCUT2D eigenvalue weighted by atomic mass is 9.95. The van der Waals surface area contributed by atoms with E-state index in [4.69, 9.17) is 9.57 Å². The second kappa shape index (κ2) is 6.58. The van der Waals surface area contributed by atoms with Crippen molar-refractivity contribution in [2.45, 2.75) is 32.4 Å². The molecule has 2 heterocycles. The van der Waals surface area contributed by atoms with Gasteiger partial charge in [-0.25, -0.2) is 0 Å². The quantitative estimate of drug-likeness (QED) is 0.901. The van der Waals surface area contributed by atoms with E-state index in [1.807, 2.05) is 38.2 Å². The summed E-state index contributed by atoms with van der Waals surface area (Å²) in [5.41, 5.74) is 2.66. The number of methoxy groups -OCH3 is 1. The number of benzene rings is 1. The summed E-state index contributed by atoms with van der Waals surface area (Å²) in [4.78, 5) is 18.1. The van der Waals surface area contributed by atoms with Crippen LogP contribution in [-0.4, -0.2) is 34.1 Å². The van der Waals surface area contributed by atoms with Crippen molar-refractivity contribution in [2.75, 3.05) is 7.11 Å². The van der Waals surface area contributed by atoms with Crippen LogP contribution in [0.25, 0.3) is 0 Å². The first kappa shape index (κ1) is 17.0. The van der Waals surface area contributed by atoms with Crippen LogP contribution in [0.3, 0.4) is 0 Å². The number of carbonyl (C=O) groups is 1. The number of nitrogens with one attached hydrogen (secondary N) is 1. The van der Waals surface area contributed by atoms with Gasteiger partial charge in [-0.1, -0.05) is 5.16 Å². The predicted octanol–water partition coefficient (Wildman–Crippen LogP) is 1.94. The van der Waals surface area contributed by atoms with E-state index in [1.165, 1.54) is 0 Å². The number of hydrogen-bond acceptors (Lipinski definition) is 5. The number of oxime groups is 1. The molecule has 2 aromatic rings. The van der Waals surface area contributed by atoms with Crippen LogP contribution in [-0.2, 0) is 23.2 Å². The van der Waals surface area contributed by atoms with Crippen LogP contribution in [0.5, 0.6) is 5.75 Å². The minimum Gasteiger partial charge on any atom is -0.497 e. The van der Waals surface area contributed by atoms with Gasteiger partial charge in [0.25, 0.3) is 5.91 Å². The zero-order valence-electron chi connectivity index (χ0n) is 14.9. The van der Waals surface area contributed by atoms with Gasteiger partial charge in [0.15, 0.2) is 0 Å². The van der Waals surface area contributed by atoms with E-state index in [-0.39, 0.29) is 5.91 Å². The van der Waals surface area contributed by atoms with Crippen LogP contribution in [0.4, 0.5) is 0 Å². The molecule has 7 nitrogen and oxygen atoms in total. The molecular weight excluding hydrogens is 320 g/mol. The normalized spacial score (nSPS) is 19.3. The van der Waals surface area contributed by atoms with Gasteiger partial charge >= 0.3 is 0 Å². The molecule has 1 N–H and O–H groups in total. The maximum Gasteiger partial charge on any atom is 0.267 e. The summed E-state index contributed by atoms with van der Waals surface area (Å²) in [5.74, 6) is 0.582. The molecule has 3 rings (SSSR count). The second-order valence-corrected chi connectivity index (χ2v) is 6.33. The lowest BCUT2D eigenvalue weighted by molar-refractivity contribution is -0.141. The van der Waals surface area contributed by atoms with Gasteiger partial charge in [-0.3, -0.25) is 9.48 Å². The number of aromatic nitrogens is 2. The number of carbonyl (C=O) groups excluding carboxylic acids is 1. The average Bonchev–Trinajstić information content (AvgIpc) is 3.18. The zero-order valence-corrected chi connectivity index (χ0v) is 14.9. The van der Waals surface area contributed by atoms with E-state index in [2.05, 4.69) is 15.6 Å². The molecule has 25 heavy (non-hydrogen) atoms. The molecule has 0 radical (unpaired) electrons. The maximum atomic E-state index is 12.6. The molecule has 1 aliphatic heterocycles. The van der Waals surface area contributed by atoms with Crippen LogP contribution >= 0.6 is 0 Å². The largest absolute Gasteiger partial charge is 0.497 e. The van der Waals surface area contributed by atoms with Crippen LogP contribution in [0.2, 0.25) is 0 Å². The minimum atomic E-state index is -1.01. The van der Waals surface area contributed by atoms with Crippen molar-refractivity contribution in [3.05, 3.63) is 47.3 Å². The summed E-state index contributed by atoms with van der Waals surface area (Å²) in [6.45, 7) is 4.13.